The molecule has 2 aromatic rings. The van der Waals surface area contributed by atoms with Crippen molar-refractivity contribution in [2.75, 3.05) is 5.73 Å². The van der Waals surface area contributed by atoms with E-state index in [2.05, 4.69) is 10.1 Å². The molecule has 0 atom stereocenters. The molecule has 0 saturated carbocycles. The number of hydrogen-bond donors (Lipinski definition) is 1. The summed E-state index contributed by atoms with van der Waals surface area (Å²) >= 11 is 0. The zero-order valence-corrected chi connectivity index (χ0v) is 12.1. The van der Waals surface area contributed by atoms with E-state index in [-0.39, 0.29) is 6.10 Å². The number of nitrogens with zero attached hydrogens (tertiary/aromatic N) is 3. The monoisotopic (exact) mass is 272 g/mol. The molecule has 20 heavy (non-hydrogen) atoms. The van der Waals surface area contributed by atoms with Crippen LogP contribution in [0.25, 0.3) is 0 Å². The molecule has 0 saturated heterocycles. The Hall–Kier alpha value is -2.14. The largest absolute Gasteiger partial charge is 0.374 e. The van der Waals surface area contributed by atoms with Gasteiger partial charge in [-0.3, -0.25) is 0 Å². The number of benzene rings is 1. The van der Waals surface area contributed by atoms with Gasteiger partial charge in [0.25, 0.3) is 0 Å². The van der Waals surface area contributed by atoms with Gasteiger partial charge in [-0.1, -0.05) is 18.2 Å². The minimum atomic E-state index is 0.223. The fourth-order valence-electron chi connectivity index (χ4n) is 1.75. The number of nitrogen functional groups attached to an aromatic ring is 1. The van der Waals surface area contributed by atoms with Crippen molar-refractivity contribution in [3.63, 3.8) is 0 Å². The van der Waals surface area contributed by atoms with Crippen LogP contribution in [0.4, 0.5) is 5.95 Å². The van der Waals surface area contributed by atoms with E-state index in [1.165, 1.54) is 0 Å². The van der Waals surface area contributed by atoms with Gasteiger partial charge in [-0.25, -0.2) is 9.66 Å². The van der Waals surface area contributed by atoms with E-state index in [0.29, 0.717) is 12.6 Å². The van der Waals surface area contributed by atoms with Gasteiger partial charge >= 0.3 is 0 Å². The molecular weight excluding hydrogens is 252 g/mol. The molecule has 1 aromatic heterocycles. The lowest BCUT2D eigenvalue weighted by Gasteiger charge is -2.07. The molecule has 0 amide bonds. The number of hydrogen-bond acceptors (Lipinski definition) is 4. The molecule has 1 heterocycles. The van der Waals surface area contributed by atoms with Crippen molar-refractivity contribution in [2.24, 2.45) is 5.10 Å². The highest BCUT2D eigenvalue weighted by molar-refractivity contribution is 5.79. The minimum Gasteiger partial charge on any atom is -0.374 e. The van der Waals surface area contributed by atoms with Crippen LogP contribution in [-0.2, 0) is 11.3 Å². The first-order valence-electron chi connectivity index (χ1n) is 6.61. The molecule has 5 nitrogen and oxygen atoms in total. The molecule has 0 radical (unpaired) electrons. The van der Waals surface area contributed by atoms with Gasteiger partial charge in [-0.2, -0.15) is 5.10 Å². The van der Waals surface area contributed by atoms with Crippen molar-refractivity contribution < 1.29 is 4.74 Å². The first-order valence-corrected chi connectivity index (χ1v) is 6.61. The molecule has 2 N–H and O–H groups in total. The van der Waals surface area contributed by atoms with Gasteiger partial charge in [-0.15, -0.1) is 0 Å². The van der Waals surface area contributed by atoms with Gasteiger partial charge in [0.1, 0.15) is 0 Å². The van der Waals surface area contributed by atoms with Crippen LogP contribution < -0.4 is 5.73 Å². The summed E-state index contributed by atoms with van der Waals surface area (Å²) in [6.07, 6.45) is 3.77. The van der Waals surface area contributed by atoms with Crippen LogP contribution in [0.15, 0.2) is 35.6 Å². The number of anilines is 1. The van der Waals surface area contributed by atoms with Gasteiger partial charge in [0.15, 0.2) is 0 Å². The molecule has 0 bridgehead atoms. The van der Waals surface area contributed by atoms with Gasteiger partial charge in [-0.05, 0) is 38.0 Å². The summed E-state index contributed by atoms with van der Waals surface area (Å²) in [6, 6.07) is 8.06. The summed E-state index contributed by atoms with van der Waals surface area (Å²) in [5.41, 5.74) is 8.70. The summed E-state index contributed by atoms with van der Waals surface area (Å²) < 4.78 is 7.15. The van der Waals surface area contributed by atoms with Crippen molar-refractivity contribution in [3.05, 3.63) is 47.3 Å². The number of nitrogens with two attached hydrogens (primary N) is 1. The average Bonchev–Trinajstić information content (AvgIpc) is 2.73. The Morgan fingerprint density at radius 1 is 1.45 bits per heavy atom. The molecule has 2 rings (SSSR count). The van der Waals surface area contributed by atoms with Crippen molar-refractivity contribution in [1.82, 2.24) is 9.66 Å². The second kappa shape index (κ2) is 6.34. The molecule has 0 spiro atoms. The second-order valence-corrected chi connectivity index (χ2v) is 4.93. The molecule has 0 aliphatic rings. The normalized spacial score (nSPS) is 11.6. The maximum absolute atomic E-state index is 5.73. The Balaban J connectivity index is 2.09. The lowest BCUT2D eigenvalue weighted by molar-refractivity contribution is 0.0657. The van der Waals surface area contributed by atoms with Gasteiger partial charge in [0.2, 0.25) is 5.95 Å². The van der Waals surface area contributed by atoms with E-state index in [0.717, 1.165) is 16.8 Å². The predicted molar refractivity (Wildman–Crippen MR) is 80.7 cm³/mol. The van der Waals surface area contributed by atoms with Crippen LogP contribution in [0.5, 0.6) is 0 Å². The van der Waals surface area contributed by atoms with E-state index in [4.69, 9.17) is 10.5 Å². The van der Waals surface area contributed by atoms with Crippen LogP contribution in [0, 0.1) is 6.92 Å². The van der Waals surface area contributed by atoms with Crippen molar-refractivity contribution in [1.29, 1.82) is 0 Å². The molecule has 0 unspecified atom stereocenters. The fourth-order valence-corrected chi connectivity index (χ4v) is 1.75. The lowest BCUT2D eigenvalue weighted by atomic mass is 10.1. The van der Waals surface area contributed by atoms with Crippen LogP contribution in [0.1, 0.15) is 30.7 Å². The topological polar surface area (TPSA) is 65.4 Å². The van der Waals surface area contributed by atoms with Crippen LogP contribution in [0.3, 0.4) is 0 Å². The zero-order valence-electron chi connectivity index (χ0n) is 12.1. The molecule has 0 aliphatic heterocycles. The molecule has 0 aliphatic carbocycles. The SMILES string of the molecule is Cc1cn(N=Cc2cccc(COC(C)C)c2)c(N)n1. The molecular formula is C15H20N4O. The van der Waals surface area contributed by atoms with E-state index in [9.17, 15) is 0 Å². The zero-order chi connectivity index (χ0) is 14.5. The predicted octanol–water partition coefficient (Wildman–Crippen LogP) is 2.58. The van der Waals surface area contributed by atoms with Gasteiger partial charge < -0.3 is 10.5 Å². The summed E-state index contributed by atoms with van der Waals surface area (Å²) in [6.45, 7) is 6.53. The summed E-state index contributed by atoms with van der Waals surface area (Å²) in [7, 11) is 0. The fraction of sp³-hybridized carbons (Fsp3) is 0.333. The third kappa shape index (κ3) is 3.93. The molecule has 0 fully saturated rings. The standard InChI is InChI=1S/C15H20N4O/c1-11(2)20-10-14-6-4-5-13(7-14)8-17-19-9-12(3)18-15(19)16/h4-9,11H,10H2,1-3H3,(H2,16,18). The van der Waals surface area contributed by atoms with E-state index in [1.807, 2.05) is 45.0 Å². The number of rotatable bonds is 5. The Bertz CT molecular complexity index is 602. The smallest absolute Gasteiger partial charge is 0.221 e. The van der Waals surface area contributed by atoms with E-state index in [1.54, 1.807) is 17.1 Å². The second-order valence-electron chi connectivity index (χ2n) is 4.93. The highest BCUT2D eigenvalue weighted by Gasteiger charge is 2.00. The maximum atomic E-state index is 5.73. The first kappa shape index (κ1) is 14.3. The number of aryl methyl sites for hydroxylation is 1. The Morgan fingerprint density at radius 3 is 2.90 bits per heavy atom. The van der Waals surface area contributed by atoms with Crippen LogP contribution >= 0.6 is 0 Å². The lowest BCUT2D eigenvalue weighted by Crippen LogP contribution is -2.02. The highest BCUT2D eigenvalue weighted by Crippen LogP contribution is 2.08. The quantitative estimate of drug-likeness (QED) is 0.851. The van der Waals surface area contributed by atoms with E-state index >= 15 is 0 Å². The third-order valence-electron chi connectivity index (χ3n) is 2.70. The van der Waals surface area contributed by atoms with Gasteiger partial charge in [0.05, 0.1) is 30.8 Å². The Labute approximate surface area is 119 Å². The summed E-state index contributed by atoms with van der Waals surface area (Å²) in [5, 5.41) is 4.30. The van der Waals surface area contributed by atoms with Gasteiger partial charge in [0, 0.05) is 0 Å². The molecule has 5 heteroatoms. The number of imidazole rings is 1. The summed E-state index contributed by atoms with van der Waals surface area (Å²) in [5.74, 6) is 0.387. The average molecular weight is 272 g/mol. The van der Waals surface area contributed by atoms with Crippen LogP contribution in [0.2, 0.25) is 0 Å². The van der Waals surface area contributed by atoms with Crippen molar-refractivity contribution in [2.45, 2.75) is 33.5 Å². The van der Waals surface area contributed by atoms with Crippen molar-refractivity contribution >= 4 is 12.2 Å². The maximum Gasteiger partial charge on any atom is 0.221 e. The molecule has 1 aromatic carbocycles. The Morgan fingerprint density at radius 2 is 2.25 bits per heavy atom. The number of ether oxygens (including phenoxy) is 1. The first-order chi connectivity index (χ1) is 9.54. The third-order valence-corrected chi connectivity index (χ3v) is 2.70. The highest BCUT2D eigenvalue weighted by atomic mass is 16.5. The Kier molecular flexibility index (Phi) is 4.53. The van der Waals surface area contributed by atoms with Crippen LogP contribution in [-0.4, -0.2) is 22.0 Å². The minimum absolute atomic E-state index is 0.223. The summed E-state index contributed by atoms with van der Waals surface area (Å²) in [4.78, 5) is 4.10. The number of aromatic nitrogens is 2. The van der Waals surface area contributed by atoms with Crippen molar-refractivity contribution in [3.8, 4) is 0 Å². The molecule has 106 valence electrons. The van der Waals surface area contributed by atoms with E-state index < -0.39 is 0 Å².